The molecule has 0 radical (unpaired) electrons. The van der Waals surface area contributed by atoms with Gasteiger partial charge in [0.25, 0.3) is 0 Å². The number of rotatable bonds is 3. The van der Waals surface area contributed by atoms with E-state index >= 15 is 0 Å². The van der Waals surface area contributed by atoms with E-state index in [0.29, 0.717) is 5.92 Å². The lowest BCUT2D eigenvalue weighted by Crippen LogP contribution is -2.36. The summed E-state index contributed by atoms with van der Waals surface area (Å²) in [4.78, 5) is 16.8. The number of aromatic nitrogens is 1. The van der Waals surface area contributed by atoms with Gasteiger partial charge in [-0.25, -0.2) is 0 Å². The van der Waals surface area contributed by atoms with E-state index in [1.807, 2.05) is 17.0 Å². The molecule has 0 atom stereocenters. The van der Waals surface area contributed by atoms with Crippen molar-refractivity contribution in [1.29, 1.82) is 0 Å². The van der Waals surface area contributed by atoms with Crippen molar-refractivity contribution in [2.75, 3.05) is 20.2 Å². The molecule has 1 aliphatic rings. The zero-order valence-corrected chi connectivity index (χ0v) is 12.3. The molecule has 0 aliphatic carbocycles. The molecular formula is C17H20N2O2. The van der Waals surface area contributed by atoms with Crippen molar-refractivity contribution < 1.29 is 9.53 Å². The van der Waals surface area contributed by atoms with Gasteiger partial charge in [-0.05, 0) is 48.6 Å². The van der Waals surface area contributed by atoms with Gasteiger partial charge in [-0.2, -0.15) is 0 Å². The minimum Gasteiger partial charge on any atom is -0.497 e. The van der Waals surface area contributed by atoms with E-state index in [1.54, 1.807) is 7.11 Å². The summed E-state index contributed by atoms with van der Waals surface area (Å²) < 4.78 is 5.32. The maximum Gasteiger partial charge on any atom is 0.245 e. The smallest absolute Gasteiger partial charge is 0.245 e. The lowest BCUT2D eigenvalue weighted by Gasteiger charge is -2.31. The van der Waals surface area contributed by atoms with Gasteiger partial charge in [-0.15, -0.1) is 0 Å². The molecule has 21 heavy (non-hydrogen) atoms. The number of hydrogen-bond acceptors (Lipinski definition) is 2. The van der Waals surface area contributed by atoms with Crippen LogP contribution in [0.5, 0.6) is 5.75 Å². The van der Waals surface area contributed by atoms with Gasteiger partial charge >= 0.3 is 0 Å². The van der Waals surface area contributed by atoms with E-state index in [1.165, 1.54) is 17.0 Å². The first-order chi connectivity index (χ1) is 10.2. The number of carbonyl (C=O) groups is 1. The Hall–Kier alpha value is -2.23. The number of H-pyrrole nitrogens is 1. The fourth-order valence-electron chi connectivity index (χ4n) is 3.13. The summed E-state index contributed by atoms with van der Waals surface area (Å²) >= 11 is 0. The molecule has 110 valence electrons. The second-order valence-corrected chi connectivity index (χ2v) is 5.46. The molecule has 4 heteroatoms. The van der Waals surface area contributed by atoms with Crippen LogP contribution in [0.15, 0.2) is 37.1 Å². The molecule has 1 fully saturated rings. The predicted molar refractivity (Wildman–Crippen MR) is 83.6 cm³/mol. The van der Waals surface area contributed by atoms with E-state index in [0.717, 1.165) is 37.2 Å². The van der Waals surface area contributed by atoms with Gasteiger partial charge < -0.3 is 14.6 Å². The summed E-state index contributed by atoms with van der Waals surface area (Å²) in [5.41, 5.74) is 2.46. The van der Waals surface area contributed by atoms with Crippen molar-refractivity contribution in [2.45, 2.75) is 18.8 Å². The van der Waals surface area contributed by atoms with E-state index in [-0.39, 0.29) is 5.91 Å². The van der Waals surface area contributed by atoms with E-state index < -0.39 is 0 Å². The van der Waals surface area contributed by atoms with Crippen molar-refractivity contribution in [2.24, 2.45) is 0 Å². The summed E-state index contributed by atoms with van der Waals surface area (Å²) in [5, 5.41) is 1.22. The second-order valence-electron chi connectivity index (χ2n) is 5.46. The summed E-state index contributed by atoms with van der Waals surface area (Å²) in [6.07, 6.45) is 5.48. The first kappa shape index (κ1) is 13.7. The van der Waals surface area contributed by atoms with Gasteiger partial charge in [0.15, 0.2) is 0 Å². The highest BCUT2D eigenvalue weighted by molar-refractivity contribution is 5.87. The molecule has 1 amide bonds. The molecule has 1 aromatic heterocycles. The number of carbonyl (C=O) groups excluding carboxylic acids is 1. The Balaban J connectivity index is 1.82. The van der Waals surface area contributed by atoms with Gasteiger partial charge in [-0.1, -0.05) is 6.58 Å². The van der Waals surface area contributed by atoms with Crippen molar-refractivity contribution in [3.63, 3.8) is 0 Å². The van der Waals surface area contributed by atoms with Crippen LogP contribution in [0.4, 0.5) is 0 Å². The SMILES string of the molecule is C=CC(=O)N1CCC(c2c[nH]c3ccc(OC)cc23)CC1. The molecule has 0 saturated carbocycles. The van der Waals surface area contributed by atoms with Crippen LogP contribution in [0, 0.1) is 0 Å². The number of piperidine rings is 1. The number of aromatic amines is 1. The summed E-state index contributed by atoms with van der Waals surface area (Å²) in [6.45, 7) is 5.15. The first-order valence-corrected chi connectivity index (χ1v) is 7.29. The summed E-state index contributed by atoms with van der Waals surface area (Å²) in [6, 6.07) is 6.10. The van der Waals surface area contributed by atoms with Gasteiger partial charge in [0.2, 0.25) is 5.91 Å². The number of methoxy groups -OCH3 is 1. The zero-order valence-electron chi connectivity index (χ0n) is 12.3. The highest BCUT2D eigenvalue weighted by Gasteiger charge is 2.24. The molecule has 3 rings (SSSR count). The molecule has 1 aliphatic heterocycles. The lowest BCUT2D eigenvalue weighted by molar-refractivity contribution is -0.127. The van der Waals surface area contributed by atoms with Crippen LogP contribution in [0.3, 0.4) is 0 Å². The number of nitrogens with one attached hydrogen (secondary N) is 1. The van der Waals surface area contributed by atoms with Crippen molar-refractivity contribution in [3.8, 4) is 5.75 Å². The third kappa shape index (κ3) is 2.53. The van der Waals surface area contributed by atoms with Crippen LogP contribution in [-0.2, 0) is 4.79 Å². The Kier molecular flexibility index (Phi) is 3.69. The van der Waals surface area contributed by atoms with Gasteiger partial charge in [0, 0.05) is 30.2 Å². The Morgan fingerprint density at radius 2 is 2.19 bits per heavy atom. The molecule has 0 bridgehead atoms. The molecule has 1 aromatic carbocycles. The Labute approximate surface area is 124 Å². The van der Waals surface area contributed by atoms with E-state index in [4.69, 9.17) is 4.74 Å². The maximum atomic E-state index is 11.6. The molecular weight excluding hydrogens is 264 g/mol. The standard InChI is InChI=1S/C17H20N2O2/c1-3-17(20)19-8-6-12(7-9-19)15-11-18-16-5-4-13(21-2)10-14(15)16/h3-5,10-12,18H,1,6-9H2,2H3. The molecule has 2 heterocycles. The summed E-state index contributed by atoms with van der Waals surface area (Å²) in [7, 11) is 1.69. The molecule has 0 spiro atoms. The number of benzene rings is 1. The highest BCUT2D eigenvalue weighted by Crippen LogP contribution is 2.34. The van der Waals surface area contributed by atoms with Crippen LogP contribution in [-0.4, -0.2) is 36.0 Å². The van der Waals surface area contributed by atoms with E-state index in [2.05, 4.69) is 23.8 Å². The van der Waals surface area contributed by atoms with Gasteiger partial charge in [0.05, 0.1) is 7.11 Å². The zero-order chi connectivity index (χ0) is 14.8. The number of ether oxygens (including phenoxy) is 1. The van der Waals surface area contributed by atoms with Crippen LogP contribution < -0.4 is 4.74 Å². The largest absolute Gasteiger partial charge is 0.497 e. The lowest BCUT2D eigenvalue weighted by atomic mass is 9.89. The Morgan fingerprint density at radius 1 is 1.43 bits per heavy atom. The Bertz CT molecular complexity index is 666. The Morgan fingerprint density at radius 3 is 2.86 bits per heavy atom. The van der Waals surface area contributed by atoms with E-state index in [9.17, 15) is 4.79 Å². The molecule has 1 saturated heterocycles. The normalized spacial score (nSPS) is 16.1. The summed E-state index contributed by atoms with van der Waals surface area (Å²) in [5.74, 6) is 1.40. The molecule has 2 aromatic rings. The third-order valence-corrected chi connectivity index (χ3v) is 4.34. The maximum absolute atomic E-state index is 11.6. The van der Waals surface area contributed by atoms with Crippen LogP contribution in [0.2, 0.25) is 0 Å². The quantitative estimate of drug-likeness (QED) is 0.880. The van der Waals surface area contributed by atoms with Crippen molar-refractivity contribution in [1.82, 2.24) is 9.88 Å². The van der Waals surface area contributed by atoms with Crippen molar-refractivity contribution in [3.05, 3.63) is 42.6 Å². The molecule has 4 nitrogen and oxygen atoms in total. The fourth-order valence-corrected chi connectivity index (χ4v) is 3.13. The average Bonchev–Trinajstić information content (AvgIpc) is 2.97. The fraction of sp³-hybridized carbons (Fsp3) is 0.353. The van der Waals surface area contributed by atoms with Crippen molar-refractivity contribution >= 4 is 16.8 Å². The number of nitrogens with zero attached hydrogens (tertiary/aromatic N) is 1. The van der Waals surface area contributed by atoms with Gasteiger partial charge in [-0.3, -0.25) is 4.79 Å². The molecule has 1 N–H and O–H groups in total. The average molecular weight is 284 g/mol. The third-order valence-electron chi connectivity index (χ3n) is 4.34. The van der Waals surface area contributed by atoms with Crippen LogP contribution in [0.1, 0.15) is 24.3 Å². The monoisotopic (exact) mass is 284 g/mol. The second kappa shape index (κ2) is 5.64. The number of likely N-dealkylation sites (tertiary alicyclic amines) is 1. The predicted octanol–water partition coefficient (Wildman–Crippen LogP) is 3.07. The van der Waals surface area contributed by atoms with Gasteiger partial charge in [0.1, 0.15) is 5.75 Å². The topological polar surface area (TPSA) is 45.3 Å². The highest BCUT2D eigenvalue weighted by atomic mass is 16.5. The molecule has 0 unspecified atom stereocenters. The number of hydrogen-bond donors (Lipinski definition) is 1. The minimum absolute atomic E-state index is 0.0362. The number of amides is 1. The first-order valence-electron chi connectivity index (χ1n) is 7.29. The van der Waals surface area contributed by atoms with Crippen LogP contribution in [0.25, 0.3) is 10.9 Å². The van der Waals surface area contributed by atoms with Crippen LogP contribution >= 0.6 is 0 Å². The minimum atomic E-state index is 0.0362. The number of fused-ring (bicyclic) bond motifs is 1.